The number of carbonyl (C=O) groups excluding carboxylic acids is 2. The minimum absolute atomic E-state index is 0.0199. The molecule has 0 unspecified atom stereocenters. The molecule has 0 bridgehead atoms. The fourth-order valence-corrected chi connectivity index (χ4v) is 4.44. The summed E-state index contributed by atoms with van der Waals surface area (Å²) >= 11 is 4.37. The third kappa shape index (κ3) is 3.18. The summed E-state index contributed by atoms with van der Waals surface area (Å²) in [5.74, 6) is -0.995. The van der Waals surface area contributed by atoms with Crippen LogP contribution in [0.3, 0.4) is 0 Å². The summed E-state index contributed by atoms with van der Waals surface area (Å²) in [5, 5.41) is 14.0. The lowest BCUT2D eigenvalue weighted by atomic mass is 9.79. The number of benzene rings is 4. The Balaban J connectivity index is 1.73. The van der Waals surface area contributed by atoms with Gasteiger partial charge in [0.15, 0.2) is 11.6 Å². The van der Waals surface area contributed by atoms with Crippen molar-refractivity contribution in [3.63, 3.8) is 0 Å². The summed E-state index contributed by atoms with van der Waals surface area (Å²) < 4.78 is 0. The number of aryl methyl sites for hydroxylation is 1. The van der Waals surface area contributed by atoms with Crippen LogP contribution in [0.5, 0.6) is 5.75 Å². The molecule has 4 aromatic carbocycles. The zero-order valence-corrected chi connectivity index (χ0v) is 18.1. The van der Waals surface area contributed by atoms with Crippen LogP contribution in [0, 0.1) is 6.92 Å². The van der Waals surface area contributed by atoms with Crippen LogP contribution in [0.25, 0.3) is 11.1 Å². The predicted molar refractivity (Wildman–Crippen MR) is 129 cm³/mol. The molecule has 0 spiro atoms. The van der Waals surface area contributed by atoms with Gasteiger partial charge in [-0.1, -0.05) is 60.7 Å². The van der Waals surface area contributed by atoms with Crippen LogP contribution in [0.15, 0.2) is 83.8 Å². The summed E-state index contributed by atoms with van der Waals surface area (Å²) in [6.45, 7) is 1.97. The molecule has 0 heterocycles. The van der Waals surface area contributed by atoms with Crippen molar-refractivity contribution in [3.8, 4) is 16.9 Å². The first-order valence-electron chi connectivity index (χ1n) is 10.2. The average Bonchev–Trinajstić information content (AvgIpc) is 2.80. The van der Waals surface area contributed by atoms with Crippen LogP contribution >= 0.6 is 12.6 Å². The molecule has 5 heteroatoms. The van der Waals surface area contributed by atoms with E-state index in [0.717, 1.165) is 16.8 Å². The van der Waals surface area contributed by atoms with E-state index in [9.17, 15) is 14.7 Å². The first kappa shape index (κ1) is 20.1. The number of anilines is 2. The molecular weight excluding hydrogens is 418 g/mol. The fraction of sp³-hybridized carbons (Fsp3) is 0.0370. The molecule has 1 aliphatic rings. The SMILES string of the molecule is Cc1cccc(Nc2cc(S)c(O)c3c2C(=O)c2cccc(-c4ccccc4)c2C3=O)c1. The van der Waals surface area contributed by atoms with E-state index in [1.807, 2.05) is 67.6 Å². The van der Waals surface area contributed by atoms with Gasteiger partial charge in [0.05, 0.1) is 16.8 Å². The summed E-state index contributed by atoms with van der Waals surface area (Å²) in [5.41, 5.74) is 4.50. The number of phenolic OH excluding ortho intramolecular Hbond substituents is 1. The molecule has 0 radical (unpaired) electrons. The van der Waals surface area contributed by atoms with Crippen LogP contribution < -0.4 is 5.32 Å². The highest BCUT2D eigenvalue weighted by Crippen LogP contribution is 2.43. The molecular formula is C27H19NO3S. The molecule has 2 N–H and O–H groups in total. The van der Waals surface area contributed by atoms with Gasteiger partial charge >= 0.3 is 0 Å². The number of thiol groups is 1. The molecule has 0 fully saturated rings. The maximum absolute atomic E-state index is 13.7. The normalized spacial score (nSPS) is 12.3. The maximum Gasteiger partial charge on any atom is 0.198 e. The Labute approximate surface area is 191 Å². The van der Waals surface area contributed by atoms with Crippen LogP contribution in [0.2, 0.25) is 0 Å². The van der Waals surface area contributed by atoms with Gasteiger partial charge in [-0.25, -0.2) is 0 Å². The fourth-order valence-electron chi connectivity index (χ4n) is 4.20. The lowest BCUT2D eigenvalue weighted by Gasteiger charge is -2.24. The largest absolute Gasteiger partial charge is 0.506 e. The molecule has 0 aromatic heterocycles. The number of fused-ring (bicyclic) bond motifs is 2. The highest BCUT2D eigenvalue weighted by Gasteiger charge is 2.37. The van der Waals surface area contributed by atoms with Gasteiger partial charge in [0.1, 0.15) is 5.75 Å². The van der Waals surface area contributed by atoms with Gasteiger partial charge in [0, 0.05) is 21.7 Å². The monoisotopic (exact) mass is 437 g/mol. The van der Waals surface area contributed by atoms with Crippen molar-refractivity contribution >= 4 is 35.6 Å². The van der Waals surface area contributed by atoms with Gasteiger partial charge in [0.2, 0.25) is 0 Å². The summed E-state index contributed by atoms with van der Waals surface area (Å²) in [6.07, 6.45) is 0. The van der Waals surface area contributed by atoms with Crippen molar-refractivity contribution in [3.05, 3.63) is 107 Å². The van der Waals surface area contributed by atoms with E-state index < -0.39 is 5.78 Å². The Morgan fingerprint density at radius 1 is 0.750 bits per heavy atom. The molecule has 0 aliphatic heterocycles. The zero-order chi connectivity index (χ0) is 22.4. The summed E-state index contributed by atoms with van der Waals surface area (Å²) in [4.78, 5) is 27.6. The second-order valence-electron chi connectivity index (χ2n) is 7.79. The zero-order valence-electron chi connectivity index (χ0n) is 17.2. The average molecular weight is 438 g/mol. The van der Waals surface area contributed by atoms with Crippen LogP contribution in [0.1, 0.15) is 37.4 Å². The van der Waals surface area contributed by atoms with E-state index >= 15 is 0 Å². The Bertz CT molecular complexity index is 1410. The lowest BCUT2D eigenvalue weighted by Crippen LogP contribution is -2.23. The van der Waals surface area contributed by atoms with E-state index in [0.29, 0.717) is 22.4 Å². The van der Waals surface area contributed by atoms with Gasteiger partial charge in [0.25, 0.3) is 0 Å². The quantitative estimate of drug-likeness (QED) is 0.233. The standard InChI is InChI=1S/C27H19NO3S/c1-15-7-5-10-17(13-15)28-20-14-21(32)26(30)24-23(20)25(29)19-12-6-11-18(22(19)27(24)31)16-8-3-2-4-9-16/h2-14,28,30,32H,1H3. The number of hydrogen-bond acceptors (Lipinski definition) is 5. The summed E-state index contributed by atoms with van der Waals surface area (Å²) in [7, 11) is 0. The number of hydrogen-bond donors (Lipinski definition) is 3. The van der Waals surface area contributed by atoms with Crippen LogP contribution in [0.4, 0.5) is 11.4 Å². The Hall–Kier alpha value is -3.83. The van der Waals surface area contributed by atoms with Crippen molar-refractivity contribution in [2.75, 3.05) is 5.32 Å². The predicted octanol–water partition coefficient (Wildman–Crippen LogP) is 6.18. The molecule has 0 saturated carbocycles. The van der Waals surface area contributed by atoms with Gasteiger partial charge in [-0.15, -0.1) is 12.6 Å². The maximum atomic E-state index is 13.7. The van der Waals surface area contributed by atoms with Crippen molar-refractivity contribution in [2.45, 2.75) is 11.8 Å². The van der Waals surface area contributed by atoms with Crippen molar-refractivity contribution in [2.24, 2.45) is 0 Å². The topological polar surface area (TPSA) is 66.4 Å². The Kier molecular flexibility index (Phi) is 4.83. The molecule has 156 valence electrons. The van der Waals surface area contributed by atoms with Crippen molar-refractivity contribution in [1.82, 2.24) is 0 Å². The molecule has 0 atom stereocenters. The van der Waals surface area contributed by atoms with Gasteiger partial charge in [-0.3, -0.25) is 9.59 Å². The summed E-state index contributed by atoms with van der Waals surface area (Å²) in [6, 6.07) is 24.0. The van der Waals surface area contributed by atoms with E-state index in [1.165, 1.54) is 0 Å². The number of nitrogens with one attached hydrogen (secondary N) is 1. The van der Waals surface area contributed by atoms with E-state index in [-0.39, 0.29) is 27.6 Å². The second-order valence-corrected chi connectivity index (χ2v) is 8.27. The number of rotatable bonds is 3. The van der Waals surface area contributed by atoms with Crippen molar-refractivity contribution in [1.29, 1.82) is 0 Å². The first-order valence-corrected chi connectivity index (χ1v) is 10.6. The Morgan fingerprint density at radius 3 is 2.22 bits per heavy atom. The number of ketones is 2. The van der Waals surface area contributed by atoms with Crippen LogP contribution in [-0.2, 0) is 0 Å². The number of phenols is 1. The van der Waals surface area contributed by atoms with E-state index in [2.05, 4.69) is 17.9 Å². The third-order valence-corrected chi connectivity index (χ3v) is 5.99. The smallest absolute Gasteiger partial charge is 0.198 e. The van der Waals surface area contributed by atoms with E-state index in [1.54, 1.807) is 18.2 Å². The molecule has 5 rings (SSSR count). The van der Waals surface area contributed by atoms with Crippen molar-refractivity contribution < 1.29 is 14.7 Å². The second kappa shape index (κ2) is 7.70. The molecule has 1 aliphatic carbocycles. The number of carbonyl (C=O) groups is 2. The minimum atomic E-state index is -0.394. The highest BCUT2D eigenvalue weighted by atomic mass is 32.1. The first-order chi connectivity index (χ1) is 15.5. The Morgan fingerprint density at radius 2 is 1.47 bits per heavy atom. The third-order valence-electron chi connectivity index (χ3n) is 5.65. The van der Waals surface area contributed by atoms with Gasteiger partial charge in [-0.05, 0) is 41.8 Å². The van der Waals surface area contributed by atoms with Gasteiger partial charge in [-0.2, -0.15) is 0 Å². The molecule has 4 aromatic rings. The lowest BCUT2D eigenvalue weighted by molar-refractivity contribution is 0.0977. The molecule has 32 heavy (non-hydrogen) atoms. The number of aromatic hydroxyl groups is 1. The molecule has 0 amide bonds. The van der Waals surface area contributed by atoms with Crippen LogP contribution in [-0.4, -0.2) is 16.7 Å². The highest BCUT2D eigenvalue weighted by molar-refractivity contribution is 7.80. The molecule has 0 saturated heterocycles. The minimum Gasteiger partial charge on any atom is -0.506 e. The molecule has 4 nitrogen and oxygen atoms in total. The van der Waals surface area contributed by atoms with Gasteiger partial charge < -0.3 is 10.4 Å². The van der Waals surface area contributed by atoms with E-state index in [4.69, 9.17) is 0 Å².